The smallest absolute Gasteiger partial charge is 0.241 e. The summed E-state index contributed by atoms with van der Waals surface area (Å²) in [6.45, 7) is 0.590. The fraction of sp³-hybridized carbons (Fsp3) is 0.188. The Labute approximate surface area is 153 Å². The number of sulfonamides is 1. The molecule has 0 atom stereocenters. The van der Waals surface area contributed by atoms with Crippen LogP contribution < -0.4 is 14.2 Å². The van der Waals surface area contributed by atoms with Crippen molar-refractivity contribution in [2.24, 2.45) is 0 Å². The third kappa shape index (κ3) is 3.59. The van der Waals surface area contributed by atoms with Crippen molar-refractivity contribution in [3.63, 3.8) is 0 Å². The van der Waals surface area contributed by atoms with E-state index in [2.05, 4.69) is 20.2 Å². The quantitative estimate of drug-likeness (QED) is 0.692. The number of ether oxygens (including phenoxy) is 2. The summed E-state index contributed by atoms with van der Waals surface area (Å²) in [5.74, 6) is 0.622. The number of aromatic nitrogens is 4. The molecule has 0 bridgehead atoms. The first-order chi connectivity index (χ1) is 13.0. The van der Waals surface area contributed by atoms with E-state index in [1.807, 2.05) is 0 Å². The van der Waals surface area contributed by atoms with E-state index in [-0.39, 0.29) is 17.3 Å². The average molecular weight is 391 g/mol. The van der Waals surface area contributed by atoms with Crippen LogP contribution in [0, 0.1) is 5.82 Å². The number of tetrazole rings is 1. The Hall–Kier alpha value is -3.05. The minimum atomic E-state index is -3.85. The van der Waals surface area contributed by atoms with Gasteiger partial charge in [0.25, 0.3) is 0 Å². The van der Waals surface area contributed by atoms with E-state index in [1.54, 1.807) is 12.1 Å². The predicted octanol–water partition coefficient (Wildman–Crippen LogP) is 1.05. The second-order valence-corrected chi connectivity index (χ2v) is 7.38. The summed E-state index contributed by atoms with van der Waals surface area (Å²) in [5.41, 5.74) is 0.383. The van der Waals surface area contributed by atoms with Crippen LogP contribution in [0.3, 0.4) is 0 Å². The van der Waals surface area contributed by atoms with Gasteiger partial charge >= 0.3 is 0 Å². The molecular formula is C16H14FN5O4S. The molecule has 11 heteroatoms. The van der Waals surface area contributed by atoms with Gasteiger partial charge in [-0.25, -0.2) is 17.5 Å². The molecule has 0 amide bonds. The topological polar surface area (TPSA) is 108 Å². The van der Waals surface area contributed by atoms with Gasteiger partial charge in [-0.3, -0.25) is 0 Å². The van der Waals surface area contributed by atoms with Gasteiger partial charge in [-0.05, 0) is 40.8 Å². The van der Waals surface area contributed by atoms with E-state index in [1.165, 1.54) is 35.0 Å². The summed E-state index contributed by atoms with van der Waals surface area (Å²) in [6, 6.07) is 10.0. The molecule has 4 rings (SSSR count). The van der Waals surface area contributed by atoms with Gasteiger partial charge in [0.15, 0.2) is 17.3 Å². The van der Waals surface area contributed by atoms with Crippen molar-refractivity contribution in [1.82, 2.24) is 24.9 Å². The average Bonchev–Trinajstić information content (AvgIpc) is 3.15. The van der Waals surface area contributed by atoms with Gasteiger partial charge in [-0.2, -0.15) is 4.68 Å². The number of benzene rings is 2. The second-order valence-electron chi connectivity index (χ2n) is 5.62. The maximum atomic E-state index is 13.4. The molecule has 0 spiro atoms. The molecule has 0 aliphatic carbocycles. The lowest BCUT2D eigenvalue weighted by Gasteiger charge is -2.18. The molecule has 1 aliphatic heterocycles. The highest BCUT2D eigenvalue weighted by Crippen LogP contribution is 2.32. The minimum Gasteiger partial charge on any atom is -0.486 e. The Bertz CT molecular complexity index is 1090. The monoisotopic (exact) mass is 391 g/mol. The van der Waals surface area contributed by atoms with Crippen LogP contribution in [0.25, 0.3) is 5.69 Å². The molecule has 140 valence electrons. The standard InChI is InChI=1S/C16H14FN5O4S/c17-11-2-1-3-12(8-11)22-16(19-20-21-22)10-18-27(23,24)13-4-5-14-15(9-13)26-7-6-25-14/h1-5,8-9,18H,6-7,10H2. The van der Waals surface area contributed by atoms with Crippen LogP contribution in [-0.2, 0) is 16.6 Å². The largest absolute Gasteiger partial charge is 0.486 e. The van der Waals surface area contributed by atoms with E-state index in [4.69, 9.17) is 9.47 Å². The third-order valence-corrected chi connectivity index (χ3v) is 5.23. The lowest BCUT2D eigenvalue weighted by Crippen LogP contribution is -2.25. The zero-order valence-electron chi connectivity index (χ0n) is 13.9. The molecule has 2 heterocycles. The molecule has 0 saturated carbocycles. The third-order valence-electron chi connectivity index (χ3n) is 3.83. The summed E-state index contributed by atoms with van der Waals surface area (Å²) in [5, 5.41) is 11.1. The maximum absolute atomic E-state index is 13.4. The van der Waals surface area contributed by atoms with Crippen LogP contribution >= 0.6 is 0 Å². The molecule has 0 radical (unpaired) electrons. The van der Waals surface area contributed by atoms with E-state index in [9.17, 15) is 12.8 Å². The highest BCUT2D eigenvalue weighted by molar-refractivity contribution is 7.89. The first-order valence-corrected chi connectivity index (χ1v) is 9.44. The first kappa shape index (κ1) is 17.4. The van der Waals surface area contributed by atoms with Crippen molar-refractivity contribution in [2.45, 2.75) is 11.4 Å². The summed E-state index contributed by atoms with van der Waals surface area (Å²) in [7, 11) is -3.85. The zero-order valence-corrected chi connectivity index (χ0v) is 14.7. The zero-order chi connectivity index (χ0) is 18.9. The number of hydrogen-bond donors (Lipinski definition) is 1. The van der Waals surface area contributed by atoms with Gasteiger partial charge in [-0.15, -0.1) is 5.10 Å². The van der Waals surface area contributed by atoms with E-state index >= 15 is 0 Å². The molecule has 1 aliphatic rings. The van der Waals surface area contributed by atoms with Crippen LogP contribution in [0.1, 0.15) is 5.82 Å². The Morgan fingerprint density at radius 1 is 1.11 bits per heavy atom. The van der Waals surface area contributed by atoms with Crippen LogP contribution in [0.5, 0.6) is 11.5 Å². The molecule has 0 fully saturated rings. The molecule has 1 aromatic heterocycles. The summed E-state index contributed by atoms with van der Waals surface area (Å²) >= 11 is 0. The summed E-state index contributed by atoms with van der Waals surface area (Å²) < 4.78 is 53.0. The summed E-state index contributed by atoms with van der Waals surface area (Å²) in [4.78, 5) is 0.0246. The van der Waals surface area contributed by atoms with Gasteiger partial charge in [0.2, 0.25) is 10.0 Å². The van der Waals surface area contributed by atoms with Gasteiger partial charge in [-0.1, -0.05) is 6.07 Å². The van der Waals surface area contributed by atoms with Crippen molar-refractivity contribution in [2.75, 3.05) is 13.2 Å². The number of nitrogens with one attached hydrogen (secondary N) is 1. The van der Waals surface area contributed by atoms with E-state index in [0.29, 0.717) is 30.4 Å². The van der Waals surface area contributed by atoms with Crippen molar-refractivity contribution >= 4 is 10.0 Å². The number of halogens is 1. The lowest BCUT2D eigenvalue weighted by molar-refractivity contribution is 0.171. The maximum Gasteiger partial charge on any atom is 0.241 e. The van der Waals surface area contributed by atoms with Crippen molar-refractivity contribution in [1.29, 1.82) is 0 Å². The van der Waals surface area contributed by atoms with Gasteiger partial charge in [0.05, 0.1) is 17.1 Å². The molecule has 0 saturated heterocycles. The number of fused-ring (bicyclic) bond motifs is 1. The van der Waals surface area contributed by atoms with Gasteiger partial charge < -0.3 is 9.47 Å². The summed E-state index contributed by atoms with van der Waals surface area (Å²) in [6.07, 6.45) is 0. The lowest BCUT2D eigenvalue weighted by atomic mass is 10.3. The Morgan fingerprint density at radius 2 is 1.93 bits per heavy atom. The SMILES string of the molecule is O=S(=O)(NCc1nnnn1-c1cccc(F)c1)c1ccc2c(c1)OCCO2. The van der Waals surface area contributed by atoms with Crippen LogP contribution in [0.4, 0.5) is 4.39 Å². The van der Waals surface area contributed by atoms with Crippen LogP contribution in [0.15, 0.2) is 47.4 Å². The van der Waals surface area contributed by atoms with Crippen LogP contribution in [-0.4, -0.2) is 41.8 Å². The van der Waals surface area contributed by atoms with Crippen molar-refractivity contribution in [3.8, 4) is 17.2 Å². The van der Waals surface area contributed by atoms with Gasteiger partial charge in [0.1, 0.15) is 19.0 Å². The van der Waals surface area contributed by atoms with E-state index in [0.717, 1.165) is 0 Å². The molecule has 0 unspecified atom stereocenters. The second kappa shape index (κ2) is 6.93. The molecule has 9 nitrogen and oxygen atoms in total. The van der Waals surface area contributed by atoms with Crippen molar-refractivity contribution in [3.05, 3.63) is 54.1 Å². The van der Waals surface area contributed by atoms with Crippen LogP contribution in [0.2, 0.25) is 0 Å². The highest BCUT2D eigenvalue weighted by atomic mass is 32.2. The fourth-order valence-corrected chi connectivity index (χ4v) is 3.55. The van der Waals surface area contributed by atoms with Gasteiger partial charge in [0, 0.05) is 6.07 Å². The number of hydrogen-bond acceptors (Lipinski definition) is 7. The normalized spacial score (nSPS) is 13.5. The predicted molar refractivity (Wildman–Crippen MR) is 90.6 cm³/mol. The van der Waals surface area contributed by atoms with E-state index < -0.39 is 15.8 Å². The Balaban J connectivity index is 1.54. The molecular weight excluding hydrogens is 377 g/mol. The number of rotatable bonds is 5. The highest BCUT2D eigenvalue weighted by Gasteiger charge is 2.20. The Morgan fingerprint density at radius 3 is 2.74 bits per heavy atom. The molecule has 3 aromatic rings. The number of nitrogens with zero attached hydrogens (tertiary/aromatic N) is 4. The molecule has 1 N–H and O–H groups in total. The molecule has 2 aromatic carbocycles. The minimum absolute atomic E-state index is 0.0246. The molecule has 27 heavy (non-hydrogen) atoms. The van der Waals surface area contributed by atoms with Crippen molar-refractivity contribution < 1.29 is 22.3 Å². The fourth-order valence-electron chi connectivity index (χ4n) is 2.56. The Kier molecular flexibility index (Phi) is 4.46. The first-order valence-electron chi connectivity index (χ1n) is 7.95.